The molecule has 9 heteroatoms. The summed E-state index contributed by atoms with van der Waals surface area (Å²) in [6.45, 7) is 1.47. The molecule has 35 heavy (non-hydrogen) atoms. The maximum Gasteiger partial charge on any atom is 0.461 e. The van der Waals surface area contributed by atoms with Crippen molar-refractivity contribution in [3.05, 3.63) is 84.2 Å². The van der Waals surface area contributed by atoms with E-state index in [2.05, 4.69) is 0 Å². The molecule has 3 unspecified atom stereocenters. The maximum absolute atomic E-state index is 13.7. The first-order valence-corrected chi connectivity index (χ1v) is 13.0. The zero-order chi connectivity index (χ0) is 24.3. The molecule has 5 rings (SSSR count). The number of para-hydroxylation sites is 1. The first-order chi connectivity index (χ1) is 17.0. The van der Waals surface area contributed by atoms with Crippen LogP contribution in [0.25, 0.3) is 0 Å². The molecule has 0 amide bonds. The largest absolute Gasteiger partial charge is 0.493 e. The van der Waals surface area contributed by atoms with Crippen LogP contribution in [0.1, 0.15) is 17.9 Å². The average Bonchev–Trinajstić information content (AvgIpc) is 3.36. The predicted molar refractivity (Wildman–Crippen MR) is 129 cm³/mol. The zero-order valence-corrected chi connectivity index (χ0v) is 20.2. The molecular weight excluding hydrogens is 472 g/mol. The van der Waals surface area contributed by atoms with Crippen LogP contribution in [-0.2, 0) is 9.09 Å². The Kier molecular flexibility index (Phi) is 6.95. The third-order valence-electron chi connectivity index (χ3n) is 6.36. The minimum atomic E-state index is -3.59. The summed E-state index contributed by atoms with van der Waals surface area (Å²) in [7, 11) is -2.19. The summed E-state index contributed by atoms with van der Waals surface area (Å²) < 4.78 is 57.3. The number of fused-ring (bicyclic) bond motifs is 1. The summed E-state index contributed by atoms with van der Waals surface area (Å²) in [4.78, 5) is 0. The molecule has 0 N–H and O–H groups in total. The summed E-state index contributed by atoms with van der Waals surface area (Å²) in [6.07, 6.45) is 0.687. The predicted octanol–water partition coefficient (Wildman–Crippen LogP) is 5.87. The van der Waals surface area contributed by atoms with Gasteiger partial charge in [-0.25, -0.2) is 8.96 Å². The number of piperidine rings is 1. The molecule has 0 bridgehead atoms. The smallest absolute Gasteiger partial charge is 0.461 e. The number of hydrogen-bond acceptors (Lipinski definition) is 6. The molecule has 0 aromatic heterocycles. The number of hydrogen-bond donors (Lipinski definition) is 0. The lowest BCUT2D eigenvalue weighted by molar-refractivity contribution is 0.134. The second kappa shape index (κ2) is 10.3. The topological polar surface area (TPSA) is 66.5 Å². The minimum absolute atomic E-state index is 0.0533. The van der Waals surface area contributed by atoms with Gasteiger partial charge in [-0.05, 0) is 54.3 Å². The van der Waals surface area contributed by atoms with Crippen LogP contribution in [0, 0.1) is 11.7 Å². The Balaban J connectivity index is 1.36. The second-order valence-corrected chi connectivity index (χ2v) is 10.6. The van der Waals surface area contributed by atoms with Gasteiger partial charge in [0.25, 0.3) is 0 Å². The van der Waals surface area contributed by atoms with Gasteiger partial charge in [-0.15, -0.1) is 0 Å². The number of halogens is 1. The van der Waals surface area contributed by atoms with Crippen molar-refractivity contribution >= 4 is 7.75 Å². The molecule has 2 heterocycles. The van der Waals surface area contributed by atoms with Crippen molar-refractivity contribution in [2.24, 2.45) is 5.92 Å². The Morgan fingerprint density at radius 3 is 2.54 bits per heavy atom. The monoisotopic (exact) mass is 499 g/mol. The minimum Gasteiger partial charge on any atom is -0.493 e. The average molecular weight is 499 g/mol. The highest BCUT2D eigenvalue weighted by atomic mass is 31.2. The van der Waals surface area contributed by atoms with Crippen LogP contribution in [0.5, 0.6) is 23.0 Å². The van der Waals surface area contributed by atoms with Crippen molar-refractivity contribution in [3.8, 4) is 23.0 Å². The van der Waals surface area contributed by atoms with Crippen LogP contribution in [0.3, 0.4) is 0 Å². The lowest BCUT2D eigenvalue weighted by Crippen LogP contribution is -2.41. The molecule has 7 nitrogen and oxygen atoms in total. The molecule has 1 saturated heterocycles. The number of benzene rings is 3. The summed E-state index contributed by atoms with van der Waals surface area (Å²) >= 11 is 0. The summed E-state index contributed by atoms with van der Waals surface area (Å²) in [5, 5.41) is 0. The SMILES string of the molecule is COP(=O)(Oc1ccccc1)N1CCC(c2ccc(F)cc2)C(COc2ccc3c(c2)OCO3)C1. The third kappa shape index (κ3) is 5.30. The first kappa shape index (κ1) is 23.7. The molecule has 3 atom stereocenters. The van der Waals surface area contributed by atoms with E-state index >= 15 is 0 Å². The molecule has 3 aromatic carbocycles. The van der Waals surface area contributed by atoms with Gasteiger partial charge in [0.1, 0.15) is 17.3 Å². The van der Waals surface area contributed by atoms with Crippen LogP contribution in [0.2, 0.25) is 0 Å². The van der Waals surface area contributed by atoms with E-state index in [0.29, 0.717) is 49.1 Å². The van der Waals surface area contributed by atoms with E-state index < -0.39 is 7.75 Å². The number of nitrogens with zero attached hydrogens (tertiary/aromatic N) is 1. The molecule has 2 aliphatic rings. The van der Waals surface area contributed by atoms with Crippen LogP contribution in [0.4, 0.5) is 4.39 Å². The van der Waals surface area contributed by atoms with E-state index in [1.807, 2.05) is 30.3 Å². The van der Waals surface area contributed by atoms with E-state index in [9.17, 15) is 8.96 Å². The second-order valence-electron chi connectivity index (χ2n) is 8.50. The zero-order valence-electron chi connectivity index (χ0n) is 19.3. The van der Waals surface area contributed by atoms with Gasteiger partial charge in [0.15, 0.2) is 11.5 Å². The van der Waals surface area contributed by atoms with Gasteiger partial charge in [0.2, 0.25) is 6.79 Å². The van der Waals surface area contributed by atoms with Crippen LogP contribution in [-0.4, -0.2) is 38.3 Å². The highest BCUT2D eigenvalue weighted by molar-refractivity contribution is 7.51. The van der Waals surface area contributed by atoms with Crippen molar-refractivity contribution < 1.29 is 32.2 Å². The molecule has 184 valence electrons. The number of rotatable bonds is 8. The fourth-order valence-corrected chi connectivity index (χ4v) is 6.13. The molecule has 3 aromatic rings. The van der Waals surface area contributed by atoms with Gasteiger partial charge in [-0.2, -0.15) is 4.67 Å². The van der Waals surface area contributed by atoms with Crippen molar-refractivity contribution in [1.82, 2.24) is 4.67 Å². The van der Waals surface area contributed by atoms with Gasteiger partial charge in [-0.1, -0.05) is 30.3 Å². The van der Waals surface area contributed by atoms with Crippen LogP contribution < -0.4 is 18.7 Å². The molecule has 1 fully saturated rings. The normalized spacial score (nSPS) is 21.3. The highest BCUT2D eigenvalue weighted by Crippen LogP contribution is 2.54. The summed E-state index contributed by atoms with van der Waals surface area (Å²) in [5.74, 6) is 2.21. The molecule has 2 aliphatic heterocycles. The Labute approximate surface area is 203 Å². The van der Waals surface area contributed by atoms with E-state index in [1.165, 1.54) is 19.2 Å². The fraction of sp³-hybridized carbons (Fsp3) is 0.308. The lowest BCUT2D eigenvalue weighted by atomic mass is 9.81. The van der Waals surface area contributed by atoms with Crippen molar-refractivity contribution in [1.29, 1.82) is 0 Å². The van der Waals surface area contributed by atoms with Crippen LogP contribution in [0.15, 0.2) is 72.8 Å². The van der Waals surface area contributed by atoms with Gasteiger partial charge in [0.05, 0.1) is 6.61 Å². The van der Waals surface area contributed by atoms with E-state index in [-0.39, 0.29) is 24.4 Å². The Bertz CT molecular complexity index is 1190. The molecule has 0 aliphatic carbocycles. The molecule has 0 spiro atoms. The maximum atomic E-state index is 13.7. The van der Waals surface area contributed by atoms with Crippen molar-refractivity contribution in [2.75, 3.05) is 33.6 Å². The van der Waals surface area contributed by atoms with Gasteiger partial charge in [0, 0.05) is 32.2 Å². The lowest BCUT2D eigenvalue weighted by Gasteiger charge is -2.40. The van der Waals surface area contributed by atoms with Crippen LogP contribution >= 0.6 is 7.75 Å². The third-order valence-corrected chi connectivity index (χ3v) is 8.32. The van der Waals surface area contributed by atoms with Gasteiger partial charge in [-0.3, -0.25) is 4.52 Å². The Hall–Kier alpha value is -3.06. The van der Waals surface area contributed by atoms with Crippen molar-refractivity contribution in [2.45, 2.75) is 12.3 Å². The standard InChI is InChI=1S/C26H27FNO6P/c1-30-35(29,34-22-5-3-2-4-6-22)28-14-13-24(19-7-9-21(27)10-8-19)20(16-28)17-31-23-11-12-25-26(15-23)33-18-32-25/h2-12,15,20,24H,13-14,16-18H2,1H3. The Morgan fingerprint density at radius 2 is 1.77 bits per heavy atom. The fourth-order valence-electron chi connectivity index (χ4n) is 4.55. The van der Waals surface area contributed by atoms with Crippen molar-refractivity contribution in [3.63, 3.8) is 0 Å². The van der Waals surface area contributed by atoms with E-state index in [0.717, 1.165) is 5.56 Å². The molecular formula is C26H27FNO6P. The quantitative estimate of drug-likeness (QED) is 0.359. The number of ether oxygens (including phenoxy) is 3. The molecule has 0 saturated carbocycles. The van der Waals surface area contributed by atoms with E-state index in [1.54, 1.807) is 35.0 Å². The Morgan fingerprint density at radius 1 is 1.00 bits per heavy atom. The highest BCUT2D eigenvalue weighted by Gasteiger charge is 2.41. The first-order valence-electron chi connectivity index (χ1n) is 11.5. The van der Waals surface area contributed by atoms with Gasteiger partial charge < -0.3 is 18.7 Å². The summed E-state index contributed by atoms with van der Waals surface area (Å²) in [6, 6.07) is 21.0. The van der Waals surface area contributed by atoms with Gasteiger partial charge >= 0.3 is 7.75 Å². The summed E-state index contributed by atoms with van der Waals surface area (Å²) in [5.41, 5.74) is 1.02. The molecule has 0 radical (unpaired) electrons. The van der Waals surface area contributed by atoms with E-state index in [4.69, 9.17) is 23.3 Å².